The van der Waals surface area contributed by atoms with Crippen molar-refractivity contribution in [2.24, 2.45) is 0 Å². The Morgan fingerprint density at radius 2 is 1.95 bits per heavy atom. The summed E-state index contributed by atoms with van der Waals surface area (Å²) >= 11 is 0. The van der Waals surface area contributed by atoms with Gasteiger partial charge in [-0.25, -0.2) is 8.42 Å². The molecule has 0 aliphatic rings. The van der Waals surface area contributed by atoms with Crippen LogP contribution in [0.2, 0.25) is 0 Å². The van der Waals surface area contributed by atoms with E-state index in [1.165, 1.54) is 13.2 Å². The second-order valence-electron chi connectivity index (χ2n) is 4.39. The number of sulfonamides is 1. The maximum absolute atomic E-state index is 12.7. The molecule has 0 saturated carbocycles. The number of methoxy groups -OCH3 is 1. The molecule has 0 aromatic heterocycles. The Kier molecular flexibility index (Phi) is 6.17. The van der Waals surface area contributed by atoms with Crippen molar-refractivity contribution in [3.63, 3.8) is 0 Å². The molecule has 0 saturated heterocycles. The van der Waals surface area contributed by atoms with Crippen molar-refractivity contribution in [3.05, 3.63) is 23.8 Å². The van der Waals surface area contributed by atoms with Crippen LogP contribution in [0, 0.1) is 6.92 Å². The highest BCUT2D eigenvalue weighted by Gasteiger charge is 2.28. The molecule has 7 heteroatoms. The van der Waals surface area contributed by atoms with Gasteiger partial charge in [-0.05, 0) is 31.5 Å². The number of hydrogen-bond donors (Lipinski definition) is 0. The van der Waals surface area contributed by atoms with Crippen molar-refractivity contribution >= 4 is 16.0 Å². The first-order chi connectivity index (χ1) is 9.86. The van der Waals surface area contributed by atoms with Crippen LogP contribution in [0.25, 0.3) is 0 Å². The third-order valence-corrected chi connectivity index (χ3v) is 4.84. The molecule has 6 nitrogen and oxygen atoms in total. The molecule has 0 spiro atoms. The first kappa shape index (κ1) is 17.5. The van der Waals surface area contributed by atoms with Crippen LogP contribution < -0.4 is 4.74 Å². The number of carbonyl (C=O) groups excluding carboxylic acids is 1. The summed E-state index contributed by atoms with van der Waals surface area (Å²) in [5.74, 6) is -0.322. The number of ether oxygens (including phenoxy) is 2. The summed E-state index contributed by atoms with van der Waals surface area (Å²) in [6.07, 6.45) is 0. The zero-order chi connectivity index (χ0) is 16.0. The number of rotatable bonds is 7. The van der Waals surface area contributed by atoms with Gasteiger partial charge < -0.3 is 9.47 Å². The number of carbonyl (C=O) groups is 1. The van der Waals surface area contributed by atoms with E-state index in [2.05, 4.69) is 0 Å². The number of nitrogens with zero attached hydrogens (tertiary/aromatic N) is 1. The lowest BCUT2D eigenvalue weighted by Crippen LogP contribution is -2.36. The van der Waals surface area contributed by atoms with Gasteiger partial charge in [0.25, 0.3) is 0 Å². The first-order valence-electron chi connectivity index (χ1n) is 6.67. The number of esters is 1. The fourth-order valence-corrected chi connectivity index (χ4v) is 3.48. The molecule has 118 valence electrons. The highest BCUT2D eigenvalue weighted by atomic mass is 32.2. The molecule has 0 fully saturated rings. The summed E-state index contributed by atoms with van der Waals surface area (Å²) < 4.78 is 36.3. The monoisotopic (exact) mass is 315 g/mol. The number of aryl methyl sites for hydroxylation is 1. The Hall–Kier alpha value is -1.60. The summed E-state index contributed by atoms with van der Waals surface area (Å²) in [5.41, 5.74) is 0.793. The van der Waals surface area contributed by atoms with E-state index >= 15 is 0 Å². The lowest BCUT2D eigenvalue weighted by Gasteiger charge is -2.21. The fourth-order valence-electron chi connectivity index (χ4n) is 1.84. The molecule has 0 heterocycles. The summed E-state index contributed by atoms with van der Waals surface area (Å²) in [6.45, 7) is 5.19. The second kappa shape index (κ2) is 7.42. The van der Waals surface area contributed by atoms with Crippen molar-refractivity contribution < 1.29 is 22.7 Å². The van der Waals surface area contributed by atoms with E-state index in [1.807, 2.05) is 0 Å². The van der Waals surface area contributed by atoms with Crippen LogP contribution in [-0.2, 0) is 19.6 Å². The van der Waals surface area contributed by atoms with Crippen LogP contribution in [-0.4, -0.2) is 45.5 Å². The maximum atomic E-state index is 12.7. The van der Waals surface area contributed by atoms with Gasteiger partial charge in [0.05, 0.1) is 13.7 Å². The Bertz CT molecular complexity index is 597. The predicted octanol–water partition coefficient (Wildman–Crippen LogP) is 1.58. The van der Waals surface area contributed by atoms with Gasteiger partial charge in [0.15, 0.2) is 0 Å². The van der Waals surface area contributed by atoms with Crippen LogP contribution in [0.1, 0.15) is 19.4 Å². The molecule has 0 bridgehead atoms. The zero-order valence-corrected chi connectivity index (χ0v) is 13.6. The van der Waals surface area contributed by atoms with Crippen LogP contribution in [0.3, 0.4) is 0 Å². The van der Waals surface area contributed by atoms with Gasteiger partial charge in [0, 0.05) is 6.54 Å². The molecule has 0 amide bonds. The maximum Gasteiger partial charge on any atom is 0.321 e. The van der Waals surface area contributed by atoms with Crippen molar-refractivity contribution in [2.45, 2.75) is 25.7 Å². The van der Waals surface area contributed by atoms with E-state index in [-0.39, 0.29) is 30.3 Å². The smallest absolute Gasteiger partial charge is 0.321 e. The standard InChI is InChI=1S/C14H21NO5S/c1-5-15(10-14(16)20-6-2)21(17,18)13-9-11(3)7-8-12(13)19-4/h7-9H,5-6,10H2,1-4H3. The predicted molar refractivity (Wildman–Crippen MR) is 78.8 cm³/mol. The summed E-state index contributed by atoms with van der Waals surface area (Å²) in [4.78, 5) is 11.6. The molecule has 0 N–H and O–H groups in total. The normalized spacial score (nSPS) is 11.5. The van der Waals surface area contributed by atoms with E-state index in [1.54, 1.807) is 32.9 Å². The van der Waals surface area contributed by atoms with Gasteiger partial charge in [-0.1, -0.05) is 13.0 Å². The SMILES string of the molecule is CCOC(=O)CN(CC)S(=O)(=O)c1cc(C)ccc1OC. The van der Waals surface area contributed by atoms with Gasteiger partial charge in [0.1, 0.15) is 17.2 Å². The van der Waals surface area contributed by atoms with E-state index in [0.29, 0.717) is 0 Å². The third-order valence-electron chi connectivity index (χ3n) is 2.90. The zero-order valence-electron chi connectivity index (χ0n) is 12.8. The Morgan fingerprint density at radius 3 is 2.48 bits per heavy atom. The van der Waals surface area contributed by atoms with Gasteiger partial charge in [-0.3, -0.25) is 4.79 Å². The minimum atomic E-state index is -3.82. The molecular weight excluding hydrogens is 294 g/mol. The number of benzene rings is 1. The molecular formula is C14H21NO5S. The lowest BCUT2D eigenvalue weighted by atomic mass is 10.2. The minimum Gasteiger partial charge on any atom is -0.495 e. The lowest BCUT2D eigenvalue weighted by molar-refractivity contribution is -0.143. The summed E-state index contributed by atoms with van der Waals surface area (Å²) in [6, 6.07) is 4.89. The van der Waals surface area contributed by atoms with E-state index in [4.69, 9.17) is 9.47 Å². The summed E-state index contributed by atoms with van der Waals surface area (Å²) in [7, 11) is -2.41. The topological polar surface area (TPSA) is 72.9 Å². The molecule has 0 radical (unpaired) electrons. The molecule has 1 aromatic carbocycles. The molecule has 0 atom stereocenters. The quantitative estimate of drug-likeness (QED) is 0.714. The van der Waals surface area contributed by atoms with Gasteiger partial charge in [-0.2, -0.15) is 4.31 Å². The number of likely N-dealkylation sites (N-methyl/N-ethyl adjacent to an activating group) is 1. The van der Waals surface area contributed by atoms with Crippen LogP contribution >= 0.6 is 0 Å². The minimum absolute atomic E-state index is 0.0520. The highest BCUT2D eigenvalue weighted by Crippen LogP contribution is 2.27. The Balaban J connectivity index is 3.18. The van der Waals surface area contributed by atoms with Crippen molar-refractivity contribution in [1.29, 1.82) is 0 Å². The molecule has 1 rings (SSSR count). The highest BCUT2D eigenvalue weighted by molar-refractivity contribution is 7.89. The fraction of sp³-hybridized carbons (Fsp3) is 0.500. The Morgan fingerprint density at radius 1 is 1.29 bits per heavy atom. The van der Waals surface area contributed by atoms with E-state index in [0.717, 1.165) is 9.87 Å². The summed E-state index contributed by atoms with van der Waals surface area (Å²) in [5, 5.41) is 0. The molecule has 0 aliphatic heterocycles. The van der Waals surface area contributed by atoms with E-state index < -0.39 is 16.0 Å². The number of hydrogen-bond acceptors (Lipinski definition) is 5. The van der Waals surface area contributed by atoms with Crippen LogP contribution in [0.15, 0.2) is 23.1 Å². The average Bonchev–Trinajstić information content (AvgIpc) is 2.44. The Labute approximate surface area is 125 Å². The average molecular weight is 315 g/mol. The molecule has 1 aromatic rings. The van der Waals surface area contributed by atoms with Crippen molar-refractivity contribution in [3.8, 4) is 5.75 Å². The van der Waals surface area contributed by atoms with Crippen molar-refractivity contribution in [1.82, 2.24) is 4.31 Å². The van der Waals surface area contributed by atoms with E-state index in [9.17, 15) is 13.2 Å². The third kappa shape index (κ3) is 4.18. The van der Waals surface area contributed by atoms with Crippen LogP contribution in [0.4, 0.5) is 0 Å². The molecule has 21 heavy (non-hydrogen) atoms. The van der Waals surface area contributed by atoms with Crippen LogP contribution in [0.5, 0.6) is 5.75 Å². The van der Waals surface area contributed by atoms with Gasteiger partial charge in [0.2, 0.25) is 10.0 Å². The largest absolute Gasteiger partial charge is 0.495 e. The van der Waals surface area contributed by atoms with Gasteiger partial charge in [-0.15, -0.1) is 0 Å². The molecule has 0 unspecified atom stereocenters. The van der Waals surface area contributed by atoms with Gasteiger partial charge >= 0.3 is 5.97 Å². The molecule has 0 aliphatic carbocycles. The first-order valence-corrected chi connectivity index (χ1v) is 8.11. The second-order valence-corrected chi connectivity index (χ2v) is 6.30. The van der Waals surface area contributed by atoms with Crippen molar-refractivity contribution in [2.75, 3.05) is 26.8 Å².